The number of halogens is 3. The fraction of sp³-hybridized carbons (Fsp3) is 0.0500. The van der Waals surface area contributed by atoms with Crippen molar-refractivity contribution < 1.29 is 9.36 Å². The standard InChI is InChI=1S/C20H15Cl2N3O.ClH/c21-18-7-6-17(19(22)12-18)13-23-24-20(26)16-8-10-25(11-9-16)14-15-4-2-1-3-5-15;/h1-13H,14H2;1H/p+1. The van der Waals surface area contributed by atoms with Crippen molar-refractivity contribution in [2.24, 2.45) is 5.10 Å². The Morgan fingerprint density at radius 3 is 2.41 bits per heavy atom. The Bertz CT molecular complexity index is 929. The Kier molecular flexibility index (Phi) is 7.80. The second-order valence-electron chi connectivity index (χ2n) is 5.61. The number of hydrazone groups is 1. The molecule has 3 rings (SSSR count). The number of rotatable bonds is 5. The van der Waals surface area contributed by atoms with Gasteiger partial charge in [0.1, 0.15) is 0 Å². The SMILES string of the molecule is Cl.O=C(N/N=C/c1ccc(Cl)cc1Cl)c1cc[n+](Cc2ccccc2)cc1. The Morgan fingerprint density at radius 1 is 1.04 bits per heavy atom. The Morgan fingerprint density at radius 2 is 1.74 bits per heavy atom. The molecule has 1 aromatic heterocycles. The van der Waals surface area contributed by atoms with Gasteiger partial charge in [0.15, 0.2) is 18.9 Å². The molecule has 4 nitrogen and oxygen atoms in total. The summed E-state index contributed by atoms with van der Waals surface area (Å²) in [5, 5.41) is 4.95. The molecule has 0 bridgehead atoms. The van der Waals surface area contributed by atoms with Crippen LogP contribution in [0.4, 0.5) is 0 Å². The highest BCUT2D eigenvalue weighted by atomic mass is 35.5. The Balaban J connectivity index is 0.00000261. The third-order valence-electron chi connectivity index (χ3n) is 3.69. The van der Waals surface area contributed by atoms with Crippen molar-refractivity contribution in [1.29, 1.82) is 0 Å². The van der Waals surface area contributed by atoms with E-state index in [1.54, 1.807) is 30.3 Å². The maximum Gasteiger partial charge on any atom is 0.271 e. The van der Waals surface area contributed by atoms with Crippen LogP contribution >= 0.6 is 35.6 Å². The smallest absolute Gasteiger partial charge is 0.267 e. The summed E-state index contributed by atoms with van der Waals surface area (Å²) >= 11 is 11.9. The van der Waals surface area contributed by atoms with E-state index < -0.39 is 0 Å². The van der Waals surface area contributed by atoms with Gasteiger partial charge in [0.25, 0.3) is 5.91 Å². The van der Waals surface area contributed by atoms with E-state index in [0.717, 1.165) is 6.54 Å². The monoisotopic (exact) mass is 420 g/mol. The van der Waals surface area contributed by atoms with E-state index in [0.29, 0.717) is 21.2 Å². The van der Waals surface area contributed by atoms with Crippen molar-refractivity contribution in [3.8, 4) is 0 Å². The molecule has 3 aromatic rings. The van der Waals surface area contributed by atoms with Crippen LogP contribution in [0.5, 0.6) is 0 Å². The molecule has 138 valence electrons. The van der Waals surface area contributed by atoms with E-state index in [9.17, 15) is 4.79 Å². The fourth-order valence-electron chi connectivity index (χ4n) is 2.34. The highest BCUT2D eigenvalue weighted by Gasteiger charge is 2.08. The van der Waals surface area contributed by atoms with Gasteiger partial charge >= 0.3 is 0 Å². The van der Waals surface area contributed by atoms with Gasteiger partial charge in [-0.1, -0.05) is 59.6 Å². The second kappa shape index (κ2) is 10.1. The highest BCUT2D eigenvalue weighted by Crippen LogP contribution is 2.19. The van der Waals surface area contributed by atoms with Gasteiger partial charge in [-0.3, -0.25) is 4.79 Å². The molecule has 0 saturated heterocycles. The summed E-state index contributed by atoms with van der Waals surface area (Å²) < 4.78 is 2.00. The van der Waals surface area contributed by atoms with Crippen molar-refractivity contribution in [3.63, 3.8) is 0 Å². The number of hydrogen-bond donors (Lipinski definition) is 1. The summed E-state index contributed by atoms with van der Waals surface area (Å²) in [5.74, 6) is -0.293. The number of aromatic nitrogens is 1. The number of carbonyl (C=O) groups is 1. The summed E-state index contributed by atoms with van der Waals surface area (Å²) in [5.41, 5.74) is 4.88. The van der Waals surface area contributed by atoms with Crippen molar-refractivity contribution in [1.82, 2.24) is 5.43 Å². The summed E-state index contributed by atoms with van der Waals surface area (Å²) in [7, 11) is 0. The molecule has 0 atom stereocenters. The largest absolute Gasteiger partial charge is 0.271 e. The van der Waals surface area contributed by atoms with Crippen LogP contribution < -0.4 is 9.99 Å². The van der Waals surface area contributed by atoms with Crippen LogP contribution in [0.2, 0.25) is 10.0 Å². The lowest BCUT2D eigenvalue weighted by molar-refractivity contribution is -0.688. The lowest BCUT2D eigenvalue weighted by Crippen LogP contribution is -2.33. The normalized spacial score (nSPS) is 10.4. The van der Waals surface area contributed by atoms with E-state index in [-0.39, 0.29) is 18.3 Å². The molecule has 27 heavy (non-hydrogen) atoms. The third-order valence-corrected chi connectivity index (χ3v) is 4.26. The van der Waals surface area contributed by atoms with Crippen molar-refractivity contribution in [2.45, 2.75) is 6.54 Å². The van der Waals surface area contributed by atoms with Crippen LogP contribution in [0.1, 0.15) is 21.5 Å². The molecule has 1 N–H and O–H groups in total. The van der Waals surface area contributed by atoms with Crippen LogP contribution in [0.15, 0.2) is 78.2 Å². The first-order valence-corrected chi connectivity index (χ1v) is 8.69. The van der Waals surface area contributed by atoms with Crippen molar-refractivity contribution in [3.05, 3.63) is 99.8 Å². The van der Waals surface area contributed by atoms with Crippen LogP contribution in [0, 0.1) is 0 Å². The molecule has 0 saturated carbocycles. The maximum absolute atomic E-state index is 12.2. The molecule has 0 radical (unpaired) electrons. The number of nitrogens with zero attached hydrogens (tertiary/aromatic N) is 2. The van der Waals surface area contributed by atoms with E-state index in [1.807, 2.05) is 35.2 Å². The Labute approximate surface area is 173 Å². The number of pyridine rings is 1. The van der Waals surface area contributed by atoms with Gasteiger partial charge in [0.05, 0.1) is 16.8 Å². The number of amides is 1. The molecular formula is C20H17Cl3N3O+. The lowest BCUT2D eigenvalue weighted by atomic mass is 10.2. The predicted molar refractivity (Wildman–Crippen MR) is 111 cm³/mol. The molecule has 0 spiro atoms. The van der Waals surface area contributed by atoms with Gasteiger partial charge in [-0.2, -0.15) is 5.10 Å². The molecule has 2 aromatic carbocycles. The summed E-state index contributed by atoms with van der Waals surface area (Å²) in [6.45, 7) is 0.746. The number of benzene rings is 2. The number of carbonyl (C=O) groups excluding carboxylic acids is 1. The number of hydrogen-bond acceptors (Lipinski definition) is 2. The molecule has 0 aliphatic heterocycles. The molecule has 7 heteroatoms. The van der Waals surface area contributed by atoms with E-state index >= 15 is 0 Å². The van der Waals surface area contributed by atoms with Gasteiger partial charge in [0.2, 0.25) is 0 Å². The maximum atomic E-state index is 12.2. The summed E-state index contributed by atoms with van der Waals surface area (Å²) in [6.07, 6.45) is 5.21. The highest BCUT2D eigenvalue weighted by molar-refractivity contribution is 6.36. The fourth-order valence-corrected chi connectivity index (χ4v) is 2.80. The van der Waals surface area contributed by atoms with Crippen molar-refractivity contribution in [2.75, 3.05) is 0 Å². The minimum absolute atomic E-state index is 0. The Hall–Kier alpha value is -2.40. The first-order valence-electron chi connectivity index (χ1n) is 7.93. The zero-order chi connectivity index (χ0) is 18.4. The molecule has 1 heterocycles. The minimum Gasteiger partial charge on any atom is -0.267 e. The summed E-state index contributed by atoms with van der Waals surface area (Å²) in [4.78, 5) is 12.2. The van der Waals surface area contributed by atoms with E-state index in [4.69, 9.17) is 23.2 Å². The zero-order valence-corrected chi connectivity index (χ0v) is 16.5. The quantitative estimate of drug-likeness (QED) is 0.367. The summed E-state index contributed by atoms with van der Waals surface area (Å²) in [6, 6.07) is 18.7. The van der Waals surface area contributed by atoms with Crippen LogP contribution in [0.25, 0.3) is 0 Å². The topological polar surface area (TPSA) is 45.3 Å². The number of nitrogens with one attached hydrogen (secondary N) is 1. The van der Waals surface area contributed by atoms with Gasteiger partial charge in [-0.15, -0.1) is 12.4 Å². The van der Waals surface area contributed by atoms with Gasteiger partial charge in [-0.05, 0) is 12.1 Å². The van der Waals surface area contributed by atoms with Gasteiger partial charge < -0.3 is 0 Å². The van der Waals surface area contributed by atoms with Crippen LogP contribution in [-0.4, -0.2) is 12.1 Å². The van der Waals surface area contributed by atoms with Crippen LogP contribution in [-0.2, 0) is 6.54 Å². The minimum atomic E-state index is -0.293. The molecule has 1 amide bonds. The third kappa shape index (κ3) is 6.07. The molecule has 0 aliphatic carbocycles. The van der Waals surface area contributed by atoms with Crippen LogP contribution in [0.3, 0.4) is 0 Å². The first-order chi connectivity index (χ1) is 12.6. The molecule has 0 unspecified atom stereocenters. The molecule has 0 aliphatic rings. The molecular weight excluding hydrogens is 405 g/mol. The molecule has 0 fully saturated rings. The average molecular weight is 422 g/mol. The predicted octanol–water partition coefficient (Wildman–Crippen LogP) is 4.51. The van der Waals surface area contributed by atoms with Gasteiger partial charge in [0, 0.05) is 28.3 Å². The first kappa shape index (κ1) is 20.9. The zero-order valence-electron chi connectivity index (χ0n) is 14.2. The van der Waals surface area contributed by atoms with Gasteiger partial charge in [-0.25, -0.2) is 9.99 Å². The second-order valence-corrected chi connectivity index (χ2v) is 6.45. The lowest BCUT2D eigenvalue weighted by Gasteiger charge is -2.01. The van der Waals surface area contributed by atoms with Crippen molar-refractivity contribution >= 4 is 47.7 Å². The van der Waals surface area contributed by atoms with E-state index in [2.05, 4.69) is 22.7 Å². The van der Waals surface area contributed by atoms with E-state index in [1.165, 1.54) is 11.8 Å². The average Bonchev–Trinajstić information content (AvgIpc) is 2.65.